The van der Waals surface area contributed by atoms with Gasteiger partial charge in [-0.25, -0.2) is 0 Å². The van der Waals surface area contributed by atoms with E-state index in [0.29, 0.717) is 13.2 Å². The third-order valence-corrected chi connectivity index (χ3v) is 1.08. The van der Waals surface area contributed by atoms with Gasteiger partial charge in [0.15, 0.2) is 0 Å². The monoisotopic (exact) mass is 173 g/mol. The summed E-state index contributed by atoms with van der Waals surface area (Å²) in [5.41, 5.74) is 0. The highest BCUT2D eigenvalue weighted by molar-refractivity contribution is 5.86. The van der Waals surface area contributed by atoms with E-state index < -0.39 is 6.41 Å². The molecular weight excluding hydrogens is 158 g/mol. The summed E-state index contributed by atoms with van der Waals surface area (Å²) in [7, 11) is 0. The van der Waals surface area contributed by atoms with Crippen molar-refractivity contribution < 1.29 is 14.3 Å². The van der Waals surface area contributed by atoms with Gasteiger partial charge in [-0.05, 0) is 19.9 Å². The zero-order chi connectivity index (χ0) is 9.40. The zero-order valence-electron chi connectivity index (χ0n) is 7.50. The summed E-state index contributed by atoms with van der Waals surface area (Å²) in [5.74, 6) is -0.304. The Balaban J connectivity index is 3.76. The van der Waals surface area contributed by atoms with E-state index in [-0.39, 0.29) is 5.91 Å². The Morgan fingerprint density at radius 2 is 2.00 bits per heavy atom. The molecule has 0 saturated heterocycles. The highest BCUT2D eigenvalue weighted by Gasteiger charge is 2.08. The second kappa shape index (κ2) is 6.82. The SMILES string of the molecule is C=CC(=O)NC(OCC)OCC. The molecule has 0 bridgehead atoms. The molecule has 0 rings (SSSR count). The molecule has 0 radical (unpaired) electrons. The predicted molar refractivity (Wildman–Crippen MR) is 45.4 cm³/mol. The lowest BCUT2D eigenvalue weighted by molar-refractivity contribution is -0.163. The fourth-order valence-electron chi connectivity index (χ4n) is 0.609. The van der Waals surface area contributed by atoms with Crippen LogP contribution in [-0.4, -0.2) is 25.5 Å². The van der Waals surface area contributed by atoms with Crippen LogP contribution in [0.4, 0.5) is 0 Å². The van der Waals surface area contributed by atoms with Gasteiger partial charge in [-0.15, -0.1) is 0 Å². The van der Waals surface area contributed by atoms with Crippen LogP contribution >= 0.6 is 0 Å². The first-order chi connectivity index (χ1) is 5.74. The summed E-state index contributed by atoms with van der Waals surface area (Å²) in [5, 5.41) is 2.47. The molecule has 1 amide bonds. The van der Waals surface area contributed by atoms with Crippen LogP contribution < -0.4 is 5.32 Å². The number of carbonyl (C=O) groups is 1. The molecule has 0 spiro atoms. The molecule has 4 nitrogen and oxygen atoms in total. The average Bonchev–Trinajstić information content (AvgIpc) is 2.05. The summed E-state index contributed by atoms with van der Waals surface area (Å²) < 4.78 is 10.1. The van der Waals surface area contributed by atoms with Gasteiger partial charge in [-0.2, -0.15) is 0 Å². The van der Waals surface area contributed by atoms with E-state index in [4.69, 9.17) is 9.47 Å². The molecule has 4 heteroatoms. The van der Waals surface area contributed by atoms with Crippen LogP contribution in [0.15, 0.2) is 12.7 Å². The smallest absolute Gasteiger partial charge is 0.247 e. The zero-order valence-corrected chi connectivity index (χ0v) is 7.50. The predicted octanol–water partition coefficient (Wildman–Crippen LogP) is 0.645. The van der Waals surface area contributed by atoms with Gasteiger partial charge in [0.05, 0.1) is 0 Å². The molecule has 0 fully saturated rings. The van der Waals surface area contributed by atoms with E-state index in [1.165, 1.54) is 6.08 Å². The molecule has 0 atom stereocenters. The van der Waals surface area contributed by atoms with Crippen molar-refractivity contribution in [2.24, 2.45) is 0 Å². The van der Waals surface area contributed by atoms with Crippen LogP contribution in [0.3, 0.4) is 0 Å². The molecule has 0 aliphatic heterocycles. The Labute approximate surface area is 72.5 Å². The van der Waals surface area contributed by atoms with Crippen LogP contribution in [-0.2, 0) is 14.3 Å². The molecule has 12 heavy (non-hydrogen) atoms. The minimum absolute atomic E-state index is 0.304. The van der Waals surface area contributed by atoms with Crippen molar-refractivity contribution in [3.8, 4) is 0 Å². The maximum absolute atomic E-state index is 10.8. The third-order valence-electron chi connectivity index (χ3n) is 1.08. The summed E-state index contributed by atoms with van der Waals surface area (Å²) in [6, 6.07) is 0. The lowest BCUT2D eigenvalue weighted by Gasteiger charge is -2.16. The van der Waals surface area contributed by atoms with Gasteiger partial charge in [0.1, 0.15) is 0 Å². The number of ether oxygens (including phenoxy) is 2. The average molecular weight is 173 g/mol. The molecule has 0 heterocycles. The van der Waals surface area contributed by atoms with Gasteiger partial charge in [0, 0.05) is 13.2 Å². The van der Waals surface area contributed by atoms with E-state index >= 15 is 0 Å². The summed E-state index contributed by atoms with van der Waals surface area (Å²) in [4.78, 5) is 10.8. The molecular formula is C8H15NO3. The molecule has 1 N–H and O–H groups in total. The fraction of sp³-hybridized carbons (Fsp3) is 0.625. The van der Waals surface area contributed by atoms with E-state index in [2.05, 4.69) is 11.9 Å². The maximum Gasteiger partial charge on any atom is 0.247 e. The number of rotatable bonds is 6. The number of carbonyl (C=O) groups excluding carboxylic acids is 1. The van der Waals surface area contributed by atoms with Crippen molar-refractivity contribution in [2.45, 2.75) is 20.3 Å². The van der Waals surface area contributed by atoms with E-state index in [1.54, 1.807) is 0 Å². The van der Waals surface area contributed by atoms with E-state index in [9.17, 15) is 4.79 Å². The van der Waals surface area contributed by atoms with Crippen LogP contribution in [0, 0.1) is 0 Å². The Morgan fingerprint density at radius 3 is 2.33 bits per heavy atom. The van der Waals surface area contributed by atoms with Crippen molar-refractivity contribution in [1.29, 1.82) is 0 Å². The first kappa shape index (κ1) is 11.1. The van der Waals surface area contributed by atoms with Crippen molar-refractivity contribution in [3.05, 3.63) is 12.7 Å². The van der Waals surface area contributed by atoms with Crippen molar-refractivity contribution in [2.75, 3.05) is 13.2 Å². The minimum Gasteiger partial charge on any atom is -0.336 e. The van der Waals surface area contributed by atoms with Gasteiger partial charge in [0.25, 0.3) is 0 Å². The molecule has 0 aromatic heterocycles. The maximum atomic E-state index is 10.8. The number of hydrogen-bond acceptors (Lipinski definition) is 3. The van der Waals surface area contributed by atoms with E-state index in [1.807, 2.05) is 13.8 Å². The Morgan fingerprint density at radius 1 is 1.50 bits per heavy atom. The molecule has 0 aromatic carbocycles. The highest BCUT2D eigenvalue weighted by atomic mass is 16.7. The molecule has 0 aromatic rings. The topological polar surface area (TPSA) is 47.6 Å². The normalized spacial score (nSPS) is 9.92. The van der Waals surface area contributed by atoms with Crippen molar-refractivity contribution >= 4 is 5.91 Å². The Kier molecular flexibility index (Phi) is 6.32. The molecule has 70 valence electrons. The third kappa shape index (κ3) is 4.87. The lowest BCUT2D eigenvalue weighted by atomic mass is 10.6. The van der Waals surface area contributed by atoms with Gasteiger partial charge < -0.3 is 14.8 Å². The second-order valence-electron chi connectivity index (χ2n) is 1.96. The van der Waals surface area contributed by atoms with Crippen LogP contribution in [0.25, 0.3) is 0 Å². The first-order valence-corrected chi connectivity index (χ1v) is 3.90. The molecule has 0 unspecified atom stereocenters. The van der Waals surface area contributed by atoms with Crippen LogP contribution in [0.1, 0.15) is 13.8 Å². The standard InChI is InChI=1S/C8H15NO3/c1-4-7(10)9-8(11-5-2)12-6-3/h4,8H,1,5-6H2,2-3H3,(H,9,10). The summed E-state index contributed by atoms with van der Waals surface area (Å²) in [6.07, 6.45) is 0.510. The first-order valence-electron chi connectivity index (χ1n) is 3.90. The highest BCUT2D eigenvalue weighted by Crippen LogP contribution is 1.90. The van der Waals surface area contributed by atoms with Crippen LogP contribution in [0.2, 0.25) is 0 Å². The number of hydrogen-bond donors (Lipinski definition) is 1. The Hall–Kier alpha value is -0.870. The lowest BCUT2D eigenvalue weighted by Crippen LogP contribution is -2.38. The van der Waals surface area contributed by atoms with Gasteiger partial charge in [0.2, 0.25) is 12.3 Å². The molecule has 0 saturated carbocycles. The summed E-state index contributed by atoms with van der Waals surface area (Å²) in [6.45, 7) is 7.94. The largest absolute Gasteiger partial charge is 0.336 e. The Bertz CT molecular complexity index is 141. The van der Waals surface area contributed by atoms with Crippen LogP contribution in [0.5, 0.6) is 0 Å². The molecule has 0 aliphatic rings. The quantitative estimate of drug-likeness (QED) is 0.473. The number of amides is 1. The van der Waals surface area contributed by atoms with Crippen molar-refractivity contribution in [3.63, 3.8) is 0 Å². The summed E-state index contributed by atoms with van der Waals surface area (Å²) >= 11 is 0. The van der Waals surface area contributed by atoms with Gasteiger partial charge >= 0.3 is 0 Å². The second-order valence-corrected chi connectivity index (χ2v) is 1.96. The van der Waals surface area contributed by atoms with Crippen molar-refractivity contribution in [1.82, 2.24) is 5.32 Å². The van der Waals surface area contributed by atoms with Gasteiger partial charge in [-0.1, -0.05) is 6.58 Å². The van der Waals surface area contributed by atoms with Gasteiger partial charge in [-0.3, -0.25) is 4.79 Å². The van der Waals surface area contributed by atoms with E-state index in [0.717, 1.165) is 0 Å². The minimum atomic E-state index is -0.662. The fourth-order valence-corrected chi connectivity index (χ4v) is 0.609. The molecule has 0 aliphatic carbocycles. The number of nitrogens with one attached hydrogen (secondary N) is 1.